The van der Waals surface area contributed by atoms with Crippen molar-refractivity contribution in [3.63, 3.8) is 0 Å². The molecule has 2 aliphatic rings. The summed E-state index contributed by atoms with van der Waals surface area (Å²) >= 11 is 1.74. The molecule has 2 aliphatic heterocycles. The molecule has 0 bridgehead atoms. The topological polar surface area (TPSA) is 71.0 Å². The Morgan fingerprint density at radius 1 is 1.29 bits per heavy atom. The lowest BCUT2D eigenvalue weighted by molar-refractivity contribution is 0.0888. The highest BCUT2D eigenvalue weighted by Gasteiger charge is 2.20. The zero-order chi connectivity index (χ0) is 21.0. The van der Waals surface area contributed by atoms with E-state index in [2.05, 4.69) is 39.7 Å². The van der Waals surface area contributed by atoms with Crippen LogP contribution in [-0.4, -0.2) is 75.0 Å². The standard InChI is InChI=1S/C22H39N5O2S.HI/c1-3-23-22(24-8-4-11-28-15-20-7-12-29-16-20)25-13-19-5-9-27(10-6-19)14-21-17-30-18(2)26-21;/h17,19-20H,3-16H2,1-2H3,(H2,23,24,25);1H. The molecule has 0 amide bonds. The van der Waals surface area contributed by atoms with E-state index in [0.29, 0.717) is 11.8 Å². The Kier molecular flexibility index (Phi) is 13.3. The van der Waals surface area contributed by atoms with Gasteiger partial charge in [0.25, 0.3) is 0 Å². The minimum Gasteiger partial charge on any atom is -0.381 e. The van der Waals surface area contributed by atoms with Crippen LogP contribution in [0.2, 0.25) is 0 Å². The summed E-state index contributed by atoms with van der Waals surface area (Å²) < 4.78 is 11.2. The summed E-state index contributed by atoms with van der Waals surface area (Å²) in [6.45, 7) is 13.5. The SMILES string of the molecule is CCNC(=NCC1CCN(Cc2csc(C)n2)CC1)NCCCOCC1CCOC1.I. The Morgan fingerprint density at radius 2 is 2.13 bits per heavy atom. The van der Waals surface area contributed by atoms with Gasteiger partial charge in [-0.3, -0.25) is 9.89 Å². The minimum absolute atomic E-state index is 0. The predicted octanol–water partition coefficient (Wildman–Crippen LogP) is 3.28. The summed E-state index contributed by atoms with van der Waals surface area (Å²) in [6.07, 6.45) is 4.56. The van der Waals surface area contributed by atoms with Crippen LogP contribution in [0.5, 0.6) is 0 Å². The maximum atomic E-state index is 5.78. The average molecular weight is 566 g/mol. The highest BCUT2D eigenvalue weighted by Crippen LogP contribution is 2.20. The van der Waals surface area contributed by atoms with Crippen molar-refractivity contribution < 1.29 is 9.47 Å². The molecule has 0 radical (unpaired) electrons. The second-order valence-corrected chi connectivity index (χ2v) is 9.44. The van der Waals surface area contributed by atoms with Crippen molar-refractivity contribution in [1.29, 1.82) is 0 Å². The van der Waals surface area contributed by atoms with Gasteiger partial charge < -0.3 is 20.1 Å². The van der Waals surface area contributed by atoms with E-state index in [0.717, 1.165) is 89.5 Å². The third kappa shape index (κ3) is 10.3. The predicted molar refractivity (Wildman–Crippen MR) is 139 cm³/mol. The number of aromatic nitrogens is 1. The van der Waals surface area contributed by atoms with Gasteiger partial charge in [-0.1, -0.05) is 0 Å². The monoisotopic (exact) mass is 565 g/mol. The van der Waals surface area contributed by atoms with Crippen molar-refractivity contribution in [2.24, 2.45) is 16.8 Å². The number of ether oxygens (including phenoxy) is 2. The molecule has 1 atom stereocenters. The number of piperidine rings is 1. The minimum atomic E-state index is 0. The lowest BCUT2D eigenvalue weighted by atomic mass is 9.97. The largest absolute Gasteiger partial charge is 0.381 e. The zero-order valence-corrected chi connectivity index (χ0v) is 22.3. The van der Waals surface area contributed by atoms with E-state index in [1.54, 1.807) is 11.3 Å². The number of halogens is 1. The van der Waals surface area contributed by atoms with E-state index in [4.69, 9.17) is 14.5 Å². The second-order valence-electron chi connectivity index (χ2n) is 8.38. The summed E-state index contributed by atoms with van der Waals surface area (Å²) in [5.74, 6) is 2.20. The molecular weight excluding hydrogens is 525 g/mol. The first-order chi connectivity index (χ1) is 14.7. The molecule has 3 heterocycles. The van der Waals surface area contributed by atoms with Crippen LogP contribution in [0.15, 0.2) is 10.4 Å². The first kappa shape index (κ1) is 26.8. The van der Waals surface area contributed by atoms with Gasteiger partial charge in [-0.25, -0.2) is 4.98 Å². The highest BCUT2D eigenvalue weighted by molar-refractivity contribution is 14.0. The fraction of sp³-hybridized carbons (Fsp3) is 0.818. The van der Waals surface area contributed by atoms with E-state index in [-0.39, 0.29) is 24.0 Å². The quantitative estimate of drug-likeness (QED) is 0.186. The lowest BCUT2D eigenvalue weighted by Gasteiger charge is -2.30. The third-order valence-corrected chi connectivity index (χ3v) is 6.57. The first-order valence-electron chi connectivity index (χ1n) is 11.5. The molecule has 2 N–H and O–H groups in total. The summed E-state index contributed by atoms with van der Waals surface area (Å²) in [5.41, 5.74) is 1.22. The molecule has 178 valence electrons. The van der Waals surface area contributed by atoms with Crippen LogP contribution in [0.4, 0.5) is 0 Å². The van der Waals surface area contributed by atoms with Gasteiger partial charge in [0.15, 0.2) is 5.96 Å². The number of rotatable bonds is 11. The van der Waals surface area contributed by atoms with E-state index >= 15 is 0 Å². The van der Waals surface area contributed by atoms with Gasteiger partial charge in [0.2, 0.25) is 0 Å². The van der Waals surface area contributed by atoms with Crippen LogP contribution in [0, 0.1) is 18.8 Å². The molecule has 31 heavy (non-hydrogen) atoms. The van der Waals surface area contributed by atoms with Crippen molar-refractivity contribution in [3.05, 3.63) is 16.1 Å². The molecule has 2 saturated heterocycles. The molecule has 1 aromatic rings. The smallest absolute Gasteiger partial charge is 0.191 e. The maximum absolute atomic E-state index is 5.78. The number of hydrogen-bond acceptors (Lipinski definition) is 6. The van der Waals surface area contributed by atoms with Crippen LogP contribution in [0.3, 0.4) is 0 Å². The van der Waals surface area contributed by atoms with E-state index in [1.165, 1.54) is 18.5 Å². The first-order valence-corrected chi connectivity index (χ1v) is 12.4. The molecule has 3 rings (SSSR count). The Hall–Kier alpha value is -0.490. The molecule has 0 aromatic carbocycles. The average Bonchev–Trinajstić information content (AvgIpc) is 3.41. The van der Waals surface area contributed by atoms with Crippen molar-refractivity contribution >= 4 is 41.3 Å². The molecule has 1 aromatic heterocycles. The van der Waals surface area contributed by atoms with Gasteiger partial charge in [0.1, 0.15) is 0 Å². The number of aliphatic imine (C=N–C) groups is 1. The molecular formula is C22H40IN5O2S. The van der Waals surface area contributed by atoms with Gasteiger partial charge in [-0.2, -0.15) is 0 Å². The van der Waals surface area contributed by atoms with Gasteiger partial charge in [-0.05, 0) is 58.5 Å². The van der Waals surface area contributed by atoms with Crippen molar-refractivity contribution in [2.45, 2.75) is 46.1 Å². The number of hydrogen-bond donors (Lipinski definition) is 2. The zero-order valence-electron chi connectivity index (χ0n) is 19.1. The van der Waals surface area contributed by atoms with Gasteiger partial charge >= 0.3 is 0 Å². The fourth-order valence-corrected chi connectivity index (χ4v) is 4.55. The molecule has 0 saturated carbocycles. The molecule has 9 heteroatoms. The highest BCUT2D eigenvalue weighted by atomic mass is 127. The normalized spacial score (nSPS) is 20.6. The van der Waals surface area contributed by atoms with E-state index in [1.807, 2.05) is 0 Å². The van der Waals surface area contributed by atoms with Crippen LogP contribution < -0.4 is 10.6 Å². The number of thiazole rings is 1. The molecule has 7 nitrogen and oxygen atoms in total. The second kappa shape index (κ2) is 15.4. The van der Waals surface area contributed by atoms with Crippen molar-refractivity contribution in [3.8, 4) is 0 Å². The maximum Gasteiger partial charge on any atom is 0.191 e. The number of guanidine groups is 1. The van der Waals surface area contributed by atoms with Crippen molar-refractivity contribution in [2.75, 3.05) is 59.2 Å². The summed E-state index contributed by atoms with van der Waals surface area (Å²) in [4.78, 5) is 12.0. The van der Waals surface area contributed by atoms with Crippen LogP contribution >= 0.6 is 35.3 Å². The van der Waals surface area contributed by atoms with E-state index in [9.17, 15) is 0 Å². The van der Waals surface area contributed by atoms with Gasteiger partial charge in [-0.15, -0.1) is 35.3 Å². The van der Waals surface area contributed by atoms with Gasteiger partial charge in [0.05, 0.1) is 23.9 Å². The molecule has 1 unspecified atom stereocenters. The summed E-state index contributed by atoms with van der Waals surface area (Å²) in [7, 11) is 0. The molecule has 2 fully saturated rings. The van der Waals surface area contributed by atoms with Gasteiger partial charge in [0, 0.05) is 50.7 Å². The van der Waals surface area contributed by atoms with Crippen LogP contribution in [0.25, 0.3) is 0 Å². The number of nitrogens with zero attached hydrogens (tertiary/aromatic N) is 3. The van der Waals surface area contributed by atoms with E-state index < -0.39 is 0 Å². The summed E-state index contributed by atoms with van der Waals surface area (Å²) in [6, 6.07) is 0. The Balaban J connectivity index is 0.00000341. The fourth-order valence-electron chi connectivity index (χ4n) is 3.95. The van der Waals surface area contributed by atoms with Crippen LogP contribution in [-0.2, 0) is 16.0 Å². The number of aryl methyl sites for hydroxylation is 1. The number of likely N-dealkylation sites (tertiary alicyclic amines) is 1. The lowest BCUT2D eigenvalue weighted by Crippen LogP contribution is -2.39. The Labute approximate surface area is 208 Å². The Morgan fingerprint density at radius 3 is 2.81 bits per heavy atom. The van der Waals surface area contributed by atoms with Crippen LogP contribution in [0.1, 0.15) is 43.3 Å². The Bertz CT molecular complexity index is 631. The number of nitrogens with one attached hydrogen (secondary N) is 2. The van der Waals surface area contributed by atoms with Crippen molar-refractivity contribution in [1.82, 2.24) is 20.5 Å². The molecule has 0 spiro atoms. The molecule has 0 aliphatic carbocycles. The third-order valence-electron chi connectivity index (χ3n) is 5.75. The summed E-state index contributed by atoms with van der Waals surface area (Å²) in [5, 5.41) is 10.2.